The molecule has 3 nitrogen and oxygen atoms in total. The lowest BCUT2D eigenvalue weighted by Gasteiger charge is -2.06. The van der Waals surface area contributed by atoms with Gasteiger partial charge in [0, 0.05) is 19.2 Å². The van der Waals surface area contributed by atoms with Crippen molar-refractivity contribution in [3.8, 4) is 22.5 Å². The number of nitrogens with zero attached hydrogens (tertiary/aromatic N) is 1. The Morgan fingerprint density at radius 3 is 2.67 bits per heavy atom. The van der Waals surface area contributed by atoms with Crippen LogP contribution in [0.3, 0.4) is 0 Å². The Balaban J connectivity index is 2.27. The fourth-order valence-corrected chi connectivity index (χ4v) is 3.02. The van der Waals surface area contributed by atoms with Gasteiger partial charge in [-0.3, -0.25) is 0 Å². The molecule has 0 unspecified atom stereocenters. The van der Waals surface area contributed by atoms with Crippen LogP contribution in [0, 0.1) is 9.39 Å². The van der Waals surface area contributed by atoms with Crippen LogP contribution in [0.25, 0.3) is 22.5 Å². The lowest BCUT2D eigenvalue weighted by molar-refractivity contribution is 0.436. The van der Waals surface area contributed by atoms with E-state index in [1.807, 2.05) is 18.2 Å². The van der Waals surface area contributed by atoms with Gasteiger partial charge in [0.25, 0.3) is 0 Å². The summed E-state index contributed by atoms with van der Waals surface area (Å²) in [6.07, 6.45) is 0. The first-order chi connectivity index (χ1) is 10.1. The molecular formula is C15H9BrFIN2O. The van der Waals surface area contributed by atoms with Gasteiger partial charge in [-0.25, -0.2) is 4.39 Å². The summed E-state index contributed by atoms with van der Waals surface area (Å²) in [5, 5.41) is 3.80. The van der Waals surface area contributed by atoms with Crippen LogP contribution in [0.5, 0.6) is 0 Å². The first-order valence-electron chi connectivity index (χ1n) is 6.03. The Kier molecular flexibility index (Phi) is 3.99. The maximum absolute atomic E-state index is 14.1. The van der Waals surface area contributed by atoms with E-state index < -0.39 is 0 Å². The largest absolute Gasteiger partial charge is 0.380 e. The number of nitrogens with two attached hydrogens (primary N) is 1. The van der Waals surface area contributed by atoms with Crippen molar-refractivity contribution in [1.29, 1.82) is 0 Å². The summed E-state index contributed by atoms with van der Waals surface area (Å²) in [6.45, 7) is 0. The van der Waals surface area contributed by atoms with Gasteiger partial charge in [0.2, 0.25) is 0 Å². The standard InChI is InChI=1S/C15H9BrFIN2O/c16-8-5-6-12(18)10(7-8)14-13(15(19)20-21-14)9-3-1-2-4-11(9)17/h1-7H,(H2,19,20). The van der Waals surface area contributed by atoms with Gasteiger partial charge in [-0.1, -0.05) is 39.3 Å². The third kappa shape index (κ3) is 2.69. The fraction of sp³-hybridized carbons (Fsp3) is 0. The maximum Gasteiger partial charge on any atom is 0.178 e. The van der Waals surface area contributed by atoms with E-state index in [-0.39, 0.29) is 11.6 Å². The molecule has 0 bridgehead atoms. The highest BCUT2D eigenvalue weighted by molar-refractivity contribution is 14.1. The van der Waals surface area contributed by atoms with Gasteiger partial charge in [0.15, 0.2) is 11.6 Å². The minimum Gasteiger partial charge on any atom is -0.380 e. The second-order valence-electron chi connectivity index (χ2n) is 4.38. The minimum absolute atomic E-state index is 0.172. The quantitative estimate of drug-likeness (QED) is 0.543. The molecule has 1 heterocycles. The molecule has 6 heteroatoms. The van der Waals surface area contributed by atoms with Crippen LogP contribution in [-0.2, 0) is 0 Å². The number of anilines is 1. The number of halogens is 3. The van der Waals surface area contributed by atoms with Gasteiger partial charge < -0.3 is 10.3 Å². The number of hydrogen-bond acceptors (Lipinski definition) is 3. The molecule has 0 radical (unpaired) electrons. The van der Waals surface area contributed by atoms with Crippen LogP contribution in [0.15, 0.2) is 51.5 Å². The van der Waals surface area contributed by atoms with Crippen molar-refractivity contribution < 1.29 is 8.91 Å². The summed E-state index contributed by atoms with van der Waals surface area (Å²) in [4.78, 5) is 0. The molecule has 0 saturated carbocycles. The summed E-state index contributed by atoms with van der Waals surface area (Å²) in [5.74, 6) is 0.271. The molecule has 0 spiro atoms. The normalized spacial score (nSPS) is 10.8. The van der Waals surface area contributed by atoms with E-state index in [0.29, 0.717) is 16.9 Å². The van der Waals surface area contributed by atoms with Crippen LogP contribution < -0.4 is 5.73 Å². The molecule has 0 aliphatic carbocycles. The number of hydrogen-bond donors (Lipinski definition) is 1. The average Bonchev–Trinajstić information content (AvgIpc) is 2.84. The number of rotatable bonds is 2. The zero-order chi connectivity index (χ0) is 15.0. The molecule has 0 fully saturated rings. The summed E-state index contributed by atoms with van der Waals surface area (Å²) in [6, 6.07) is 12.2. The van der Waals surface area contributed by atoms with Gasteiger partial charge in [-0.05, 0) is 46.9 Å². The minimum atomic E-state index is -0.362. The van der Waals surface area contributed by atoms with Crippen molar-refractivity contribution in [2.24, 2.45) is 0 Å². The van der Waals surface area contributed by atoms with Crippen molar-refractivity contribution in [3.63, 3.8) is 0 Å². The summed E-state index contributed by atoms with van der Waals surface area (Å²) < 4.78 is 21.3. The molecule has 3 rings (SSSR count). The van der Waals surface area contributed by atoms with E-state index in [4.69, 9.17) is 10.3 Å². The molecule has 106 valence electrons. The molecular weight excluding hydrogens is 450 g/mol. The summed E-state index contributed by atoms with van der Waals surface area (Å²) in [7, 11) is 0. The van der Waals surface area contributed by atoms with Crippen LogP contribution in [0.4, 0.5) is 10.2 Å². The number of nitrogen functional groups attached to an aromatic ring is 1. The molecule has 2 N–H and O–H groups in total. The van der Waals surface area contributed by atoms with Crippen molar-refractivity contribution in [1.82, 2.24) is 5.16 Å². The Morgan fingerprint density at radius 1 is 1.14 bits per heavy atom. The molecule has 1 aromatic heterocycles. The average molecular weight is 459 g/mol. The predicted octanol–water partition coefficient (Wildman–Crippen LogP) is 5.10. The lowest BCUT2D eigenvalue weighted by atomic mass is 10.0. The van der Waals surface area contributed by atoms with E-state index in [2.05, 4.69) is 43.7 Å². The number of aromatic nitrogens is 1. The Bertz CT molecular complexity index is 819. The van der Waals surface area contributed by atoms with E-state index in [1.165, 1.54) is 6.07 Å². The Hall–Kier alpha value is -1.41. The highest BCUT2D eigenvalue weighted by atomic mass is 127. The second kappa shape index (κ2) is 5.76. The van der Waals surface area contributed by atoms with Crippen molar-refractivity contribution in [3.05, 3.63) is 56.3 Å². The first kappa shape index (κ1) is 14.5. The Labute approximate surface area is 142 Å². The van der Waals surface area contributed by atoms with Gasteiger partial charge in [0.1, 0.15) is 5.82 Å². The van der Waals surface area contributed by atoms with E-state index in [0.717, 1.165) is 13.6 Å². The van der Waals surface area contributed by atoms with Crippen molar-refractivity contribution in [2.75, 3.05) is 5.73 Å². The van der Waals surface area contributed by atoms with E-state index in [9.17, 15) is 4.39 Å². The van der Waals surface area contributed by atoms with Crippen LogP contribution in [-0.4, -0.2) is 5.16 Å². The van der Waals surface area contributed by atoms with Crippen molar-refractivity contribution in [2.45, 2.75) is 0 Å². The monoisotopic (exact) mass is 458 g/mol. The van der Waals surface area contributed by atoms with Crippen LogP contribution >= 0.6 is 38.5 Å². The summed E-state index contributed by atoms with van der Waals surface area (Å²) in [5.41, 5.74) is 7.55. The molecule has 2 aromatic carbocycles. The zero-order valence-corrected chi connectivity index (χ0v) is 14.4. The third-order valence-electron chi connectivity index (χ3n) is 3.03. The zero-order valence-electron chi connectivity index (χ0n) is 10.6. The predicted molar refractivity (Wildman–Crippen MR) is 92.2 cm³/mol. The van der Waals surface area contributed by atoms with Gasteiger partial charge in [-0.15, -0.1) is 0 Å². The first-order valence-corrected chi connectivity index (χ1v) is 7.90. The van der Waals surface area contributed by atoms with Crippen molar-refractivity contribution >= 4 is 44.3 Å². The topological polar surface area (TPSA) is 52.0 Å². The van der Waals surface area contributed by atoms with Gasteiger partial charge in [-0.2, -0.15) is 0 Å². The van der Waals surface area contributed by atoms with E-state index in [1.54, 1.807) is 18.2 Å². The molecule has 3 aromatic rings. The highest BCUT2D eigenvalue weighted by Crippen LogP contribution is 2.40. The Morgan fingerprint density at radius 2 is 1.90 bits per heavy atom. The lowest BCUT2D eigenvalue weighted by Crippen LogP contribution is -1.92. The van der Waals surface area contributed by atoms with Gasteiger partial charge >= 0.3 is 0 Å². The fourth-order valence-electron chi connectivity index (χ4n) is 2.08. The van der Waals surface area contributed by atoms with E-state index >= 15 is 0 Å². The molecule has 0 amide bonds. The second-order valence-corrected chi connectivity index (χ2v) is 6.45. The smallest absolute Gasteiger partial charge is 0.178 e. The molecule has 0 saturated heterocycles. The molecule has 0 atom stereocenters. The summed E-state index contributed by atoms with van der Waals surface area (Å²) >= 11 is 5.62. The highest BCUT2D eigenvalue weighted by Gasteiger charge is 2.21. The van der Waals surface area contributed by atoms with Crippen LogP contribution in [0.1, 0.15) is 0 Å². The molecule has 21 heavy (non-hydrogen) atoms. The molecule has 0 aliphatic rings. The SMILES string of the molecule is Nc1noc(-c2cc(Br)ccc2I)c1-c1ccccc1F. The van der Waals surface area contributed by atoms with Crippen LogP contribution in [0.2, 0.25) is 0 Å². The third-order valence-corrected chi connectivity index (χ3v) is 4.47. The maximum atomic E-state index is 14.1. The van der Waals surface area contributed by atoms with Gasteiger partial charge in [0.05, 0.1) is 5.56 Å². The number of benzene rings is 2. The molecule has 0 aliphatic heterocycles.